The van der Waals surface area contributed by atoms with E-state index < -0.39 is 23.9 Å². The summed E-state index contributed by atoms with van der Waals surface area (Å²) in [6, 6.07) is 12.7. The summed E-state index contributed by atoms with van der Waals surface area (Å²) in [6.45, 7) is 1.89. The van der Waals surface area contributed by atoms with E-state index in [-0.39, 0.29) is 19.6 Å². The molecule has 0 heterocycles. The van der Waals surface area contributed by atoms with Gasteiger partial charge in [0.2, 0.25) is 0 Å². The highest BCUT2D eigenvalue weighted by Crippen LogP contribution is 2.15. The van der Waals surface area contributed by atoms with Crippen molar-refractivity contribution in [1.29, 1.82) is 0 Å². The number of alkyl carbamates (subject to hydrolysis) is 1. The normalized spacial score (nSPS) is 11.5. The van der Waals surface area contributed by atoms with Gasteiger partial charge in [0, 0.05) is 9.99 Å². The minimum Gasteiger partial charge on any atom is -0.464 e. The quantitative estimate of drug-likeness (QED) is 0.493. The Bertz CT molecular complexity index is 754. The number of carbonyl (C=O) groups is 2. The lowest BCUT2D eigenvalue weighted by molar-refractivity contribution is -0.145. The molecule has 0 fully saturated rings. The first-order valence-corrected chi connectivity index (χ1v) is 9.15. The number of benzene rings is 2. The lowest BCUT2D eigenvalue weighted by Gasteiger charge is -2.18. The molecule has 0 aromatic heterocycles. The first kappa shape index (κ1) is 20.2. The van der Waals surface area contributed by atoms with Gasteiger partial charge in [-0.2, -0.15) is 0 Å². The molecule has 2 aromatic rings. The van der Waals surface area contributed by atoms with Crippen LogP contribution in [0.25, 0.3) is 0 Å². The number of ether oxygens (including phenoxy) is 2. The van der Waals surface area contributed by atoms with Crippen LogP contribution >= 0.6 is 22.6 Å². The largest absolute Gasteiger partial charge is 0.464 e. The number of esters is 1. The van der Waals surface area contributed by atoms with E-state index in [4.69, 9.17) is 9.47 Å². The van der Waals surface area contributed by atoms with Crippen molar-refractivity contribution in [2.24, 2.45) is 0 Å². The molecule has 1 amide bonds. The van der Waals surface area contributed by atoms with Crippen molar-refractivity contribution < 1.29 is 23.5 Å². The molecule has 0 bridgehead atoms. The number of hydrogen-bond acceptors (Lipinski definition) is 4. The molecule has 5 nitrogen and oxygen atoms in total. The Morgan fingerprint density at radius 2 is 1.88 bits per heavy atom. The maximum Gasteiger partial charge on any atom is 0.408 e. The highest BCUT2D eigenvalue weighted by Gasteiger charge is 2.24. The van der Waals surface area contributed by atoms with Crippen LogP contribution in [0.4, 0.5) is 9.18 Å². The topological polar surface area (TPSA) is 64.6 Å². The molecule has 1 N–H and O–H groups in total. The van der Waals surface area contributed by atoms with E-state index in [1.807, 2.05) is 30.3 Å². The van der Waals surface area contributed by atoms with Crippen molar-refractivity contribution in [2.45, 2.75) is 26.0 Å². The summed E-state index contributed by atoms with van der Waals surface area (Å²) in [6.07, 6.45) is -0.792. The fraction of sp³-hybridized carbons (Fsp3) is 0.263. The molecule has 1 unspecified atom stereocenters. The van der Waals surface area contributed by atoms with Gasteiger partial charge in [-0.3, -0.25) is 0 Å². The van der Waals surface area contributed by atoms with E-state index in [9.17, 15) is 14.0 Å². The van der Waals surface area contributed by atoms with Crippen LogP contribution in [0.5, 0.6) is 0 Å². The second-order valence-electron chi connectivity index (χ2n) is 5.45. The lowest BCUT2D eigenvalue weighted by Crippen LogP contribution is -2.43. The van der Waals surface area contributed by atoms with Gasteiger partial charge in [0.25, 0.3) is 0 Å². The van der Waals surface area contributed by atoms with Gasteiger partial charge in [0.15, 0.2) is 0 Å². The van der Waals surface area contributed by atoms with Gasteiger partial charge in [-0.1, -0.05) is 30.3 Å². The van der Waals surface area contributed by atoms with Gasteiger partial charge in [0.05, 0.1) is 6.61 Å². The number of carbonyl (C=O) groups excluding carboxylic acids is 2. The van der Waals surface area contributed by atoms with Crippen molar-refractivity contribution in [3.63, 3.8) is 0 Å². The fourth-order valence-corrected chi connectivity index (χ4v) is 2.82. The van der Waals surface area contributed by atoms with Crippen LogP contribution < -0.4 is 5.32 Å². The second kappa shape index (κ2) is 10.1. The van der Waals surface area contributed by atoms with E-state index in [0.717, 1.165) is 9.13 Å². The van der Waals surface area contributed by atoms with Crippen LogP contribution in [0.3, 0.4) is 0 Å². The summed E-state index contributed by atoms with van der Waals surface area (Å²) in [5.74, 6) is -1.08. The van der Waals surface area contributed by atoms with Crippen molar-refractivity contribution in [3.05, 3.63) is 69.0 Å². The lowest BCUT2D eigenvalue weighted by atomic mass is 10.1. The maximum absolute atomic E-state index is 14.0. The Kier molecular flexibility index (Phi) is 7.83. The van der Waals surface area contributed by atoms with E-state index in [0.29, 0.717) is 5.56 Å². The molecular formula is C19H19FINO4. The Morgan fingerprint density at radius 1 is 1.15 bits per heavy atom. The Balaban J connectivity index is 2.03. The summed E-state index contributed by atoms with van der Waals surface area (Å²) in [4.78, 5) is 24.2. The van der Waals surface area contributed by atoms with E-state index in [2.05, 4.69) is 27.9 Å². The molecule has 0 aliphatic carbocycles. The standard InChI is InChI=1S/C19H19FINO4/c1-2-25-18(23)17(11-14-10-15(21)8-9-16(14)20)22-19(24)26-12-13-6-4-3-5-7-13/h3-10,17H,2,11-12H2,1H3,(H,22,24). The monoisotopic (exact) mass is 471 g/mol. The molecule has 1 atom stereocenters. The van der Waals surface area contributed by atoms with Crippen molar-refractivity contribution >= 4 is 34.7 Å². The van der Waals surface area contributed by atoms with E-state index in [1.54, 1.807) is 19.1 Å². The Hall–Kier alpha value is -2.16. The number of amides is 1. The van der Waals surface area contributed by atoms with Gasteiger partial charge >= 0.3 is 12.1 Å². The van der Waals surface area contributed by atoms with Crippen LogP contribution in [-0.4, -0.2) is 24.7 Å². The van der Waals surface area contributed by atoms with Gasteiger partial charge in [-0.05, 0) is 58.8 Å². The summed E-state index contributed by atoms with van der Waals surface area (Å²) >= 11 is 2.05. The molecule has 0 saturated carbocycles. The molecule has 0 saturated heterocycles. The van der Waals surface area contributed by atoms with Crippen LogP contribution in [0.1, 0.15) is 18.1 Å². The van der Waals surface area contributed by atoms with Crippen molar-refractivity contribution in [1.82, 2.24) is 5.32 Å². The summed E-state index contributed by atoms with van der Waals surface area (Å²) < 4.78 is 24.9. The first-order valence-electron chi connectivity index (χ1n) is 8.07. The van der Waals surface area contributed by atoms with Gasteiger partial charge in [-0.15, -0.1) is 0 Å². The highest BCUT2D eigenvalue weighted by atomic mass is 127. The third-order valence-electron chi connectivity index (χ3n) is 3.51. The Morgan fingerprint density at radius 3 is 2.58 bits per heavy atom. The number of halogens is 2. The molecule has 2 rings (SSSR count). The van der Waals surface area contributed by atoms with E-state index >= 15 is 0 Å². The molecule has 138 valence electrons. The molecule has 26 heavy (non-hydrogen) atoms. The molecule has 7 heteroatoms. The highest BCUT2D eigenvalue weighted by molar-refractivity contribution is 14.1. The zero-order valence-electron chi connectivity index (χ0n) is 14.2. The Labute approximate surface area is 165 Å². The average Bonchev–Trinajstić information content (AvgIpc) is 2.63. The number of nitrogens with one attached hydrogen (secondary N) is 1. The van der Waals surface area contributed by atoms with Crippen molar-refractivity contribution in [3.8, 4) is 0 Å². The SMILES string of the molecule is CCOC(=O)C(Cc1cc(I)ccc1F)NC(=O)OCc1ccccc1. The summed E-state index contributed by atoms with van der Waals surface area (Å²) in [5, 5.41) is 2.46. The second-order valence-corrected chi connectivity index (χ2v) is 6.70. The average molecular weight is 471 g/mol. The van der Waals surface area contributed by atoms with E-state index in [1.165, 1.54) is 6.07 Å². The summed E-state index contributed by atoms with van der Waals surface area (Å²) in [5.41, 5.74) is 1.14. The van der Waals surface area contributed by atoms with Crippen LogP contribution in [0.2, 0.25) is 0 Å². The third kappa shape index (κ3) is 6.29. The van der Waals surface area contributed by atoms with Gasteiger partial charge in [-0.25, -0.2) is 14.0 Å². The molecule has 0 aliphatic rings. The van der Waals surface area contributed by atoms with Crippen LogP contribution in [0.15, 0.2) is 48.5 Å². The minimum absolute atomic E-state index is 0.0258. The molecule has 0 radical (unpaired) electrons. The van der Waals surface area contributed by atoms with Gasteiger partial charge in [0.1, 0.15) is 18.5 Å². The predicted molar refractivity (Wildman–Crippen MR) is 103 cm³/mol. The fourth-order valence-electron chi connectivity index (χ4n) is 2.26. The number of hydrogen-bond donors (Lipinski definition) is 1. The summed E-state index contributed by atoms with van der Waals surface area (Å²) in [7, 11) is 0. The molecule has 2 aromatic carbocycles. The predicted octanol–water partition coefficient (Wildman–Crippen LogP) is 3.83. The smallest absolute Gasteiger partial charge is 0.408 e. The first-order chi connectivity index (χ1) is 12.5. The minimum atomic E-state index is -1.04. The molecular weight excluding hydrogens is 452 g/mol. The number of rotatable bonds is 7. The van der Waals surface area contributed by atoms with Crippen molar-refractivity contribution in [2.75, 3.05) is 6.61 Å². The molecule has 0 spiro atoms. The maximum atomic E-state index is 14.0. The zero-order chi connectivity index (χ0) is 18.9. The zero-order valence-corrected chi connectivity index (χ0v) is 16.4. The third-order valence-corrected chi connectivity index (χ3v) is 4.18. The van der Waals surface area contributed by atoms with Crippen LogP contribution in [-0.2, 0) is 27.3 Å². The van der Waals surface area contributed by atoms with Gasteiger partial charge < -0.3 is 14.8 Å². The molecule has 0 aliphatic heterocycles. The van der Waals surface area contributed by atoms with Crippen LogP contribution in [0, 0.1) is 9.39 Å².